The minimum absolute atomic E-state index is 0.675. The Morgan fingerprint density at radius 1 is 1.44 bits per heavy atom. The fourth-order valence-corrected chi connectivity index (χ4v) is 2.14. The largest absolute Gasteiger partial charge is 0.380 e. The van der Waals surface area contributed by atoms with E-state index in [1.807, 2.05) is 0 Å². The quantitative estimate of drug-likeness (QED) is 0.449. The standard InChI is InChI=1S/C14H29N3O/c1-12(2)6-9-18-10-7-16-14(15)17-8-4-5-13(3)11-17/h12-13H,4-11H2,1-3H3,(H2,15,16). The molecule has 0 spiro atoms. The SMILES string of the molecule is CC(C)CCOCCN=C(N)N1CCCC(C)C1. The molecule has 2 N–H and O–H groups in total. The number of hydrogen-bond donors (Lipinski definition) is 1. The van der Waals surface area contributed by atoms with Gasteiger partial charge in [-0.1, -0.05) is 20.8 Å². The van der Waals surface area contributed by atoms with Crippen LogP contribution in [-0.4, -0.2) is 43.7 Å². The third-order valence-electron chi connectivity index (χ3n) is 3.33. The third kappa shape index (κ3) is 6.24. The van der Waals surface area contributed by atoms with Crippen molar-refractivity contribution in [1.82, 2.24) is 4.90 Å². The normalized spacial score (nSPS) is 21.7. The summed E-state index contributed by atoms with van der Waals surface area (Å²) < 4.78 is 5.52. The van der Waals surface area contributed by atoms with Crippen molar-refractivity contribution in [2.24, 2.45) is 22.6 Å². The summed E-state index contributed by atoms with van der Waals surface area (Å²) in [5, 5.41) is 0. The van der Waals surface area contributed by atoms with Gasteiger partial charge in [0.2, 0.25) is 0 Å². The van der Waals surface area contributed by atoms with Gasteiger partial charge in [0.1, 0.15) is 0 Å². The van der Waals surface area contributed by atoms with Crippen molar-refractivity contribution in [2.75, 3.05) is 32.8 Å². The van der Waals surface area contributed by atoms with Gasteiger partial charge in [-0.2, -0.15) is 0 Å². The van der Waals surface area contributed by atoms with Crippen LogP contribution in [0, 0.1) is 11.8 Å². The van der Waals surface area contributed by atoms with Gasteiger partial charge >= 0.3 is 0 Å². The highest BCUT2D eigenvalue weighted by atomic mass is 16.5. The van der Waals surface area contributed by atoms with E-state index in [1.54, 1.807) is 0 Å². The van der Waals surface area contributed by atoms with Crippen molar-refractivity contribution in [1.29, 1.82) is 0 Å². The summed E-state index contributed by atoms with van der Waals surface area (Å²) in [7, 11) is 0. The van der Waals surface area contributed by atoms with E-state index in [0.717, 1.165) is 32.0 Å². The smallest absolute Gasteiger partial charge is 0.191 e. The van der Waals surface area contributed by atoms with Gasteiger partial charge in [0.15, 0.2) is 5.96 Å². The van der Waals surface area contributed by atoms with E-state index >= 15 is 0 Å². The summed E-state index contributed by atoms with van der Waals surface area (Å²) >= 11 is 0. The number of ether oxygens (including phenoxy) is 1. The number of aliphatic imine (C=N–C) groups is 1. The minimum atomic E-state index is 0.675. The number of hydrogen-bond acceptors (Lipinski definition) is 2. The second kappa shape index (κ2) is 8.35. The van der Waals surface area contributed by atoms with E-state index in [-0.39, 0.29) is 0 Å². The molecule has 1 fully saturated rings. The van der Waals surface area contributed by atoms with E-state index in [4.69, 9.17) is 10.5 Å². The van der Waals surface area contributed by atoms with Gasteiger partial charge in [-0.3, -0.25) is 4.99 Å². The molecule has 0 saturated carbocycles. The fraction of sp³-hybridized carbons (Fsp3) is 0.929. The van der Waals surface area contributed by atoms with Crippen LogP contribution >= 0.6 is 0 Å². The fourth-order valence-electron chi connectivity index (χ4n) is 2.14. The van der Waals surface area contributed by atoms with E-state index in [0.29, 0.717) is 25.0 Å². The first kappa shape index (κ1) is 15.3. The average Bonchev–Trinajstić information content (AvgIpc) is 2.33. The highest BCUT2D eigenvalue weighted by Gasteiger charge is 2.17. The predicted molar refractivity (Wildman–Crippen MR) is 76.7 cm³/mol. The van der Waals surface area contributed by atoms with Gasteiger partial charge < -0.3 is 15.4 Å². The van der Waals surface area contributed by atoms with Gasteiger partial charge in [0.05, 0.1) is 13.2 Å². The van der Waals surface area contributed by atoms with E-state index in [2.05, 4.69) is 30.7 Å². The molecule has 0 aromatic heterocycles. The zero-order valence-corrected chi connectivity index (χ0v) is 12.2. The van der Waals surface area contributed by atoms with Gasteiger partial charge in [-0.05, 0) is 31.1 Å². The lowest BCUT2D eigenvalue weighted by Crippen LogP contribution is -2.43. The number of nitrogens with two attached hydrogens (primary N) is 1. The first-order chi connectivity index (χ1) is 8.59. The Morgan fingerprint density at radius 2 is 2.22 bits per heavy atom. The van der Waals surface area contributed by atoms with Crippen molar-refractivity contribution in [2.45, 2.75) is 40.0 Å². The van der Waals surface area contributed by atoms with E-state index in [9.17, 15) is 0 Å². The van der Waals surface area contributed by atoms with Crippen LogP contribution in [0.3, 0.4) is 0 Å². The second-order valence-electron chi connectivity index (χ2n) is 5.73. The minimum Gasteiger partial charge on any atom is -0.380 e. The Balaban J connectivity index is 2.13. The molecule has 4 heteroatoms. The monoisotopic (exact) mass is 255 g/mol. The van der Waals surface area contributed by atoms with Crippen molar-refractivity contribution in [3.05, 3.63) is 0 Å². The molecule has 0 aromatic carbocycles. The Labute approximate surface area is 112 Å². The molecule has 1 aliphatic heterocycles. The molecule has 1 aliphatic rings. The molecule has 1 saturated heterocycles. The third-order valence-corrected chi connectivity index (χ3v) is 3.33. The zero-order valence-electron chi connectivity index (χ0n) is 12.2. The summed E-state index contributed by atoms with van der Waals surface area (Å²) in [6.07, 6.45) is 3.65. The van der Waals surface area contributed by atoms with Gasteiger partial charge in [0, 0.05) is 19.7 Å². The van der Waals surface area contributed by atoms with Crippen LogP contribution in [0.4, 0.5) is 0 Å². The highest BCUT2D eigenvalue weighted by molar-refractivity contribution is 5.78. The molecule has 0 amide bonds. The van der Waals surface area contributed by atoms with Crippen LogP contribution in [-0.2, 0) is 4.74 Å². The number of nitrogens with zero attached hydrogens (tertiary/aromatic N) is 2. The molecule has 4 nitrogen and oxygen atoms in total. The van der Waals surface area contributed by atoms with E-state index < -0.39 is 0 Å². The molecular formula is C14H29N3O. The molecule has 0 bridgehead atoms. The first-order valence-corrected chi connectivity index (χ1v) is 7.22. The second-order valence-corrected chi connectivity index (χ2v) is 5.73. The topological polar surface area (TPSA) is 50.9 Å². The summed E-state index contributed by atoms with van der Waals surface area (Å²) in [6.45, 7) is 11.0. The summed E-state index contributed by atoms with van der Waals surface area (Å²) in [5.41, 5.74) is 5.99. The number of guanidine groups is 1. The Hall–Kier alpha value is -0.770. The zero-order chi connectivity index (χ0) is 13.4. The molecule has 18 heavy (non-hydrogen) atoms. The van der Waals surface area contributed by atoms with Crippen molar-refractivity contribution < 1.29 is 4.74 Å². The number of piperidine rings is 1. The molecule has 106 valence electrons. The maximum atomic E-state index is 5.99. The molecule has 1 heterocycles. The van der Waals surface area contributed by atoms with Crippen LogP contribution in [0.15, 0.2) is 4.99 Å². The Bertz CT molecular complexity index is 253. The molecule has 1 rings (SSSR count). The van der Waals surface area contributed by atoms with Crippen molar-refractivity contribution in [3.63, 3.8) is 0 Å². The van der Waals surface area contributed by atoms with Gasteiger partial charge in [-0.25, -0.2) is 0 Å². The molecule has 0 radical (unpaired) electrons. The Morgan fingerprint density at radius 3 is 2.89 bits per heavy atom. The van der Waals surface area contributed by atoms with E-state index in [1.165, 1.54) is 12.8 Å². The molecular weight excluding hydrogens is 226 g/mol. The average molecular weight is 255 g/mol. The van der Waals surface area contributed by atoms with Crippen LogP contribution in [0.5, 0.6) is 0 Å². The molecule has 0 aromatic rings. The molecule has 1 unspecified atom stereocenters. The lowest BCUT2D eigenvalue weighted by Gasteiger charge is -2.31. The van der Waals surface area contributed by atoms with Crippen LogP contribution in [0.2, 0.25) is 0 Å². The molecule has 0 aliphatic carbocycles. The number of likely N-dealkylation sites (tertiary alicyclic amines) is 1. The van der Waals surface area contributed by atoms with Crippen LogP contribution in [0.1, 0.15) is 40.0 Å². The van der Waals surface area contributed by atoms with Crippen LogP contribution < -0.4 is 5.73 Å². The first-order valence-electron chi connectivity index (χ1n) is 7.22. The lowest BCUT2D eigenvalue weighted by molar-refractivity contribution is 0.130. The van der Waals surface area contributed by atoms with Crippen molar-refractivity contribution in [3.8, 4) is 0 Å². The predicted octanol–water partition coefficient (Wildman–Crippen LogP) is 2.10. The van der Waals surface area contributed by atoms with Crippen molar-refractivity contribution >= 4 is 5.96 Å². The number of rotatable bonds is 6. The van der Waals surface area contributed by atoms with Gasteiger partial charge in [-0.15, -0.1) is 0 Å². The lowest BCUT2D eigenvalue weighted by atomic mass is 10.0. The Kier molecular flexibility index (Phi) is 7.09. The van der Waals surface area contributed by atoms with Crippen LogP contribution in [0.25, 0.3) is 0 Å². The maximum absolute atomic E-state index is 5.99. The summed E-state index contributed by atoms with van der Waals surface area (Å²) in [6, 6.07) is 0. The molecule has 1 atom stereocenters. The summed E-state index contributed by atoms with van der Waals surface area (Å²) in [4.78, 5) is 6.59. The highest BCUT2D eigenvalue weighted by Crippen LogP contribution is 2.14. The maximum Gasteiger partial charge on any atom is 0.191 e. The summed E-state index contributed by atoms with van der Waals surface area (Å²) in [5.74, 6) is 2.12. The van der Waals surface area contributed by atoms with Gasteiger partial charge in [0.25, 0.3) is 0 Å².